The summed E-state index contributed by atoms with van der Waals surface area (Å²) in [4.78, 5) is 28.2. The standard InChI is InChI=1S/C26H32N4O4/c1-3-24-23-16-21(7-6-20(23)10-11-29(24)18-25(31)32)26(33)28(2)22-8-4-19(5-9-22)17-27-30-12-14-34-15-13-30/h4-9,16-17,24H,3,10-15,18H2,1-2H3,(H,31,32). The van der Waals surface area contributed by atoms with Crippen molar-refractivity contribution in [1.82, 2.24) is 9.91 Å². The third kappa shape index (κ3) is 5.46. The second kappa shape index (κ2) is 10.8. The van der Waals surface area contributed by atoms with E-state index in [9.17, 15) is 14.7 Å². The predicted octanol–water partition coefficient (Wildman–Crippen LogP) is 3.02. The van der Waals surface area contributed by atoms with E-state index in [-0.39, 0.29) is 18.5 Å². The molecule has 2 heterocycles. The van der Waals surface area contributed by atoms with Crippen molar-refractivity contribution < 1.29 is 19.4 Å². The van der Waals surface area contributed by atoms with Crippen LogP contribution in [0.5, 0.6) is 0 Å². The molecule has 0 radical (unpaired) electrons. The van der Waals surface area contributed by atoms with Crippen molar-refractivity contribution in [3.63, 3.8) is 0 Å². The Kier molecular flexibility index (Phi) is 7.59. The van der Waals surface area contributed by atoms with Crippen LogP contribution in [0, 0.1) is 0 Å². The van der Waals surface area contributed by atoms with Crippen molar-refractivity contribution in [2.24, 2.45) is 5.10 Å². The Labute approximate surface area is 200 Å². The Morgan fingerprint density at radius 3 is 2.56 bits per heavy atom. The number of nitrogens with zero attached hydrogens (tertiary/aromatic N) is 4. The Morgan fingerprint density at radius 1 is 1.15 bits per heavy atom. The van der Waals surface area contributed by atoms with Crippen molar-refractivity contribution in [1.29, 1.82) is 0 Å². The number of amides is 1. The van der Waals surface area contributed by atoms with Crippen LogP contribution in [0.15, 0.2) is 47.6 Å². The zero-order valence-corrected chi connectivity index (χ0v) is 19.8. The highest BCUT2D eigenvalue weighted by Gasteiger charge is 2.28. The van der Waals surface area contributed by atoms with E-state index < -0.39 is 5.97 Å². The quantitative estimate of drug-likeness (QED) is 0.634. The van der Waals surface area contributed by atoms with E-state index in [4.69, 9.17) is 4.74 Å². The summed E-state index contributed by atoms with van der Waals surface area (Å²) >= 11 is 0. The van der Waals surface area contributed by atoms with Crippen molar-refractivity contribution in [3.05, 3.63) is 64.7 Å². The molecule has 0 aliphatic carbocycles. The average Bonchev–Trinajstić information content (AvgIpc) is 2.86. The van der Waals surface area contributed by atoms with E-state index in [2.05, 4.69) is 12.0 Å². The summed E-state index contributed by atoms with van der Waals surface area (Å²) in [6.07, 6.45) is 3.41. The maximum absolute atomic E-state index is 13.3. The van der Waals surface area contributed by atoms with Gasteiger partial charge in [-0.1, -0.05) is 25.1 Å². The number of benzene rings is 2. The van der Waals surface area contributed by atoms with Crippen molar-refractivity contribution in [2.45, 2.75) is 25.8 Å². The lowest BCUT2D eigenvalue weighted by Crippen LogP contribution is -2.39. The number of fused-ring (bicyclic) bond motifs is 1. The minimum atomic E-state index is -0.827. The van der Waals surface area contributed by atoms with E-state index in [1.165, 1.54) is 5.56 Å². The summed E-state index contributed by atoms with van der Waals surface area (Å²) in [5.41, 5.74) is 4.62. The zero-order chi connectivity index (χ0) is 24.1. The summed E-state index contributed by atoms with van der Waals surface area (Å²) in [5, 5.41) is 15.8. The van der Waals surface area contributed by atoms with Crippen LogP contribution in [0.2, 0.25) is 0 Å². The lowest BCUT2D eigenvalue weighted by Gasteiger charge is -2.36. The van der Waals surface area contributed by atoms with Gasteiger partial charge in [0.2, 0.25) is 0 Å². The van der Waals surface area contributed by atoms with Crippen LogP contribution in [0.25, 0.3) is 0 Å². The number of carboxylic acids is 1. The number of carbonyl (C=O) groups is 2. The largest absolute Gasteiger partial charge is 0.480 e. The molecule has 0 bridgehead atoms. The van der Waals surface area contributed by atoms with Crippen LogP contribution < -0.4 is 4.90 Å². The maximum Gasteiger partial charge on any atom is 0.317 e. The van der Waals surface area contributed by atoms with E-state index in [1.54, 1.807) is 11.9 Å². The first kappa shape index (κ1) is 23.9. The Morgan fingerprint density at radius 2 is 1.88 bits per heavy atom. The number of hydrogen-bond donors (Lipinski definition) is 1. The summed E-state index contributed by atoms with van der Waals surface area (Å²) < 4.78 is 5.34. The normalized spacial score (nSPS) is 18.6. The highest BCUT2D eigenvalue weighted by Crippen LogP contribution is 2.33. The zero-order valence-electron chi connectivity index (χ0n) is 19.8. The van der Waals surface area contributed by atoms with Crippen molar-refractivity contribution >= 4 is 23.8 Å². The van der Waals surface area contributed by atoms with E-state index in [0.717, 1.165) is 42.7 Å². The molecule has 1 fully saturated rings. The summed E-state index contributed by atoms with van der Waals surface area (Å²) in [6, 6.07) is 13.6. The first-order valence-electron chi connectivity index (χ1n) is 11.8. The number of rotatable bonds is 7. The number of carboxylic acid groups (broad SMARTS) is 1. The maximum atomic E-state index is 13.3. The van der Waals surface area contributed by atoms with Gasteiger partial charge in [-0.05, 0) is 53.8 Å². The third-order valence-corrected chi connectivity index (χ3v) is 6.53. The number of ether oxygens (including phenoxy) is 1. The molecule has 2 aromatic rings. The molecule has 2 aliphatic heterocycles. The van der Waals surface area contributed by atoms with Crippen molar-refractivity contribution in [3.8, 4) is 0 Å². The van der Waals surface area contributed by atoms with Gasteiger partial charge >= 0.3 is 5.97 Å². The molecule has 1 atom stereocenters. The molecule has 0 spiro atoms. The number of carbonyl (C=O) groups excluding carboxylic acids is 1. The summed E-state index contributed by atoms with van der Waals surface area (Å²) in [7, 11) is 1.77. The first-order valence-corrected chi connectivity index (χ1v) is 11.8. The van der Waals surface area contributed by atoms with Gasteiger partial charge in [-0.2, -0.15) is 5.10 Å². The van der Waals surface area contributed by atoms with Crippen LogP contribution in [0.4, 0.5) is 5.69 Å². The van der Waals surface area contributed by atoms with Gasteiger partial charge in [0.05, 0.1) is 39.1 Å². The molecule has 8 heteroatoms. The van der Waals surface area contributed by atoms with Gasteiger partial charge in [-0.15, -0.1) is 0 Å². The monoisotopic (exact) mass is 464 g/mol. The number of anilines is 1. The topological polar surface area (TPSA) is 85.7 Å². The number of morpholine rings is 1. The average molecular weight is 465 g/mol. The van der Waals surface area contributed by atoms with Gasteiger partial charge in [0.15, 0.2) is 0 Å². The molecule has 8 nitrogen and oxygen atoms in total. The van der Waals surface area contributed by atoms with E-state index in [0.29, 0.717) is 25.3 Å². The molecule has 0 aromatic heterocycles. The molecule has 34 heavy (non-hydrogen) atoms. The van der Waals surface area contributed by atoms with Gasteiger partial charge in [0.1, 0.15) is 0 Å². The lowest BCUT2D eigenvalue weighted by atomic mass is 9.89. The number of hydrogen-bond acceptors (Lipinski definition) is 6. The Hall–Kier alpha value is -3.23. The van der Waals surface area contributed by atoms with E-state index in [1.807, 2.05) is 58.6 Å². The fraction of sp³-hybridized carbons (Fsp3) is 0.423. The van der Waals surface area contributed by atoms with E-state index >= 15 is 0 Å². The minimum absolute atomic E-state index is 0.00273. The molecule has 1 unspecified atom stereocenters. The molecule has 1 saturated heterocycles. The number of hydrazone groups is 1. The Balaban J connectivity index is 1.47. The van der Waals surface area contributed by atoms with Crippen LogP contribution in [-0.4, -0.2) is 79.5 Å². The Bertz CT molecular complexity index is 1050. The second-order valence-electron chi connectivity index (χ2n) is 8.72. The van der Waals surface area contributed by atoms with Gasteiger partial charge < -0.3 is 14.7 Å². The molecule has 1 amide bonds. The minimum Gasteiger partial charge on any atom is -0.480 e. The fourth-order valence-corrected chi connectivity index (χ4v) is 4.64. The molecule has 4 rings (SSSR count). The first-order chi connectivity index (χ1) is 16.5. The predicted molar refractivity (Wildman–Crippen MR) is 132 cm³/mol. The van der Waals surface area contributed by atoms with Crippen LogP contribution in [0.1, 0.15) is 46.4 Å². The summed E-state index contributed by atoms with van der Waals surface area (Å²) in [6.45, 7) is 5.76. The molecule has 0 saturated carbocycles. The second-order valence-corrected chi connectivity index (χ2v) is 8.72. The van der Waals surface area contributed by atoms with Crippen LogP contribution in [-0.2, 0) is 16.0 Å². The molecule has 1 N–H and O–H groups in total. The SMILES string of the molecule is CCC1c2cc(C(=O)N(C)c3ccc(C=NN4CCOCC4)cc3)ccc2CCN1CC(=O)O. The third-order valence-electron chi connectivity index (χ3n) is 6.53. The lowest BCUT2D eigenvalue weighted by molar-refractivity contribution is -0.139. The molecule has 2 aliphatic rings. The smallest absolute Gasteiger partial charge is 0.317 e. The molecule has 2 aromatic carbocycles. The molecular weight excluding hydrogens is 432 g/mol. The molecule has 180 valence electrons. The highest BCUT2D eigenvalue weighted by atomic mass is 16.5. The van der Waals surface area contributed by atoms with Crippen molar-refractivity contribution in [2.75, 3.05) is 51.3 Å². The van der Waals surface area contributed by atoms with Crippen LogP contribution in [0.3, 0.4) is 0 Å². The van der Waals surface area contributed by atoms with Gasteiger partial charge in [0, 0.05) is 30.9 Å². The van der Waals surface area contributed by atoms with Gasteiger partial charge in [-0.3, -0.25) is 19.5 Å². The van der Waals surface area contributed by atoms with Gasteiger partial charge in [-0.25, -0.2) is 0 Å². The summed E-state index contributed by atoms with van der Waals surface area (Å²) in [5.74, 6) is -0.921. The fourth-order valence-electron chi connectivity index (χ4n) is 4.64. The van der Waals surface area contributed by atoms with Crippen LogP contribution >= 0.6 is 0 Å². The molecular formula is C26H32N4O4. The van der Waals surface area contributed by atoms with Gasteiger partial charge in [0.25, 0.3) is 5.91 Å². The highest BCUT2D eigenvalue weighted by molar-refractivity contribution is 6.06. The number of aliphatic carboxylic acids is 1.